The molecule has 1 aliphatic rings. The zero-order valence-electron chi connectivity index (χ0n) is 15.7. The Hall–Kier alpha value is -2.11. The predicted octanol–water partition coefficient (Wildman–Crippen LogP) is 7.06. The van der Waals surface area contributed by atoms with Gasteiger partial charge in [0.15, 0.2) is 0 Å². The van der Waals surface area contributed by atoms with E-state index >= 15 is 0 Å². The number of hydrogen-bond acceptors (Lipinski definition) is 1. The van der Waals surface area contributed by atoms with Crippen LogP contribution in [0.4, 0.5) is 4.39 Å². The highest BCUT2D eigenvalue weighted by Gasteiger charge is 2.17. The van der Waals surface area contributed by atoms with E-state index in [2.05, 4.69) is 35.9 Å². The fourth-order valence-electron chi connectivity index (χ4n) is 3.39. The topological polar surface area (TPSA) is 12.9 Å². The molecule has 1 heterocycles. The summed E-state index contributed by atoms with van der Waals surface area (Å²) in [5.41, 5.74) is 2.33. The van der Waals surface area contributed by atoms with Gasteiger partial charge < -0.3 is 0 Å². The summed E-state index contributed by atoms with van der Waals surface area (Å²) in [6, 6.07) is 8.55. The average molecular weight is 382 g/mol. The van der Waals surface area contributed by atoms with Crippen molar-refractivity contribution in [2.45, 2.75) is 45.4 Å². The zero-order chi connectivity index (χ0) is 19.1. The third-order valence-electron chi connectivity index (χ3n) is 5.03. The highest BCUT2D eigenvalue weighted by Crippen LogP contribution is 2.29. The summed E-state index contributed by atoms with van der Waals surface area (Å²) in [6.45, 7) is 2.21. The van der Waals surface area contributed by atoms with Crippen LogP contribution in [0.25, 0.3) is 11.3 Å². The van der Waals surface area contributed by atoms with E-state index in [1.165, 1.54) is 44.6 Å². The number of rotatable bonds is 4. The zero-order valence-corrected chi connectivity index (χ0v) is 16.5. The molecule has 1 aliphatic carbocycles. The quantitative estimate of drug-likeness (QED) is 0.408. The third kappa shape index (κ3) is 5.68. The largest absolute Gasteiger partial charge is 0.255 e. The summed E-state index contributed by atoms with van der Waals surface area (Å²) in [4.78, 5) is 4.42. The van der Waals surface area contributed by atoms with Crippen molar-refractivity contribution in [3.05, 3.63) is 65.1 Å². The van der Waals surface area contributed by atoms with Gasteiger partial charge in [0.05, 0.1) is 10.7 Å². The Morgan fingerprint density at radius 1 is 1.19 bits per heavy atom. The lowest BCUT2D eigenvalue weighted by Crippen LogP contribution is -2.11. The number of nitrogens with zero attached hydrogens (tertiary/aromatic N) is 1. The number of hydrogen-bond donors (Lipinski definition) is 0. The molecular weight excluding hydrogens is 357 g/mol. The predicted molar refractivity (Wildman–Crippen MR) is 111 cm³/mol. The second-order valence-electron chi connectivity index (χ2n) is 7.16. The van der Waals surface area contributed by atoms with E-state index in [9.17, 15) is 4.39 Å². The maximum Gasteiger partial charge on any atom is 0.142 e. The van der Waals surface area contributed by atoms with Crippen LogP contribution in [0.3, 0.4) is 0 Å². The first kappa shape index (κ1) is 19.6. The molecular formula is C24H25ClFN. The van der Waals surface area contributed by atoms with Crippen molar-refractivity contribution in [1.82, 2.24) is 4.98 Å². The van der Waals surface area contributed by atoms with Crippen molar-refractivity contribution in [2.75, 3.05) is 0 Å². The summed E-state index contributed by atoms with van der Waals surface area (Å²) >= 11 is 5.73. The monoisotopic (exact) mass is 381 g/mol. The van der Waals surface area contributed by atoms with Gasteiger partial charge in [0, 0.05) is 23.2 Å². The van der Waals surface area contributed by atoms with Gasteiger partial charge in [-0.05, 0) is 62.3 Å². The van der Waals surface area contributed by atoms with Crippen LogP contribution >= 0.6 is 11.6 Å². The first-order valence-corrected chi connectivity index (χ1v) is 10.1. The van der Waals surface area contributed by atoms with E-state index in [0.29, 0.717) is 11.5 Å². The first-order chi connectivity index (χ1) is 13.2. The van der Waals surface area contributed by atoms with E-state index in [4.69, 9.17) is 11.6 Å². The Kier molecular flexibility index (Phi) is 7.07. The molecule has 1 saturated carbocycles. The van der Waals surface area contributed by atoms with Gasteiger partial charge in [0.25, 0.3) is 0 Å². The normalized spacial score (nSPS) is 19.7. The second-order valence-corrected chi connectivity index (χ2v) is 7.57. The van der Waals surface area contributed by atoms with Crippen molar-refractivity contribution in [1.29, 1.82) is 0 Å². The molecule has 0 radical (unpaired) electrons. The van der Waals surface area contributed by atoms with Gasteiger partial charge in [0.1, 0.15) is 5.82 Å². The van der Waals surface area contributed by atoms with Crippen LogP contribution < -0.4 is 0 Å². The Bertz CT molecular complexity index is 837. The number of benzene rings is 1. The maximum atomic E-state index is 13.6. The van der Waals surface area contributed by atoms with Gasteiger partial charge in [0.2, 0.25) is 0 Å². The fourth-order valence-corrected chi connectivity index (χ4v) is 3.51. The van der Waals surface area contributed by atoms with E-state index in [1.807, 2.05) is 12.1 Å². The van der Waals surface area contributed by atoms with Gasteiger partial charge >= 0.3 is 0 Å². The molecule has 1 fully saturated rings. The van der Waals surface area contributed by atoms with E-state index in [0.717, 1.165) is 17.2 Å². The lowest BCUT2D eigenvalue weighted by Gasteiger charge is -2.23. The SMILES string of the molecule is CCC/C=C/C1CCC(C#Cc2ccc(-c3ccc(Cl)c(F)c3)nc2)CC1. The molecule has 0 unspecified atom stereocenters. The molecule has 0 spiro atoms. The molecule has 1 aromatic carbocycles. The van der Waals surface area contributed by atoms with Crippen LogP contribution in [-0.2, 0) is 0 Å². The lowest BCUT2D eigenvalue weighted by atomic mass is 9.82. The van der Waals surface area contributed by atoms with Crippen molar-refractivity contribution < 1.29 is 4.39 Å². The number of unbranched alkanes of at least 4 members (excludes halogenated alkanes) is 1. The third-order valence-corrected chi connectivity index (χ3v) is 5.34. The molecule has 2 aromatic rings. The first-order valence-electron chi connectivity index (χ1n) is 9.75. The fraction of sp³-hybridized carbons (Fsp3) is 0.375. The average Bonchev–Trinajstić information content (AvgIpc) is 2.70. The summed E-state index contributed by atoms with van der Waals surface area (Å²) < 4.78 is 13.6. The molecule has 1 nitrogen and oxygen atoms in total. The Morgan fingerprint density at radius 2 is 2.00 bits per heavy atom. The smallest absolute Gasteiger partial charge is 0.142 e. The van der Waals surface area contributed by atoms with Gasteiger partial charge in [-0.25, -0.2) is 4.39 Å². The van der Waals surface area contributed by atoms with Crippen molar-refractivity contribution >= 4 is 11.6 Å². The summed E-state index contributed by atoms with van der Waals surface area (Å²) in [5, 5.41) is 0.122. The number of allylic oxidation sites excluding steroid dienone is 2. The molecule has 3 heteroatoms. The van der Waals surface area contributed by atoms with Gasteiger partial charge in [-0.2, -0.15) is 0 Å². The molecule has 3 rings (SSSR count). The van der Waals surface area contributed by atoms with Crippen LogP contribution in [0, 0.1) is 29.5 Å². The summed E-state index contributed by atoms with van der Waals surface area (Å²) in [5.74, 6) is 7.44. The summed E-state index contributed by atoms with van der Waals surface area (Å²) in [6.07, 6.45) is 13.7. The van der Waals surface area contributed by atoms with Crippen molar-refractivity contribution in [2.24, 2.45) is 11.8 Å². The molecule has 140 valence electrons. The molecule has 1 aromatic heterocycles. The molecule has 0 aliphatic heterocycles. The Balaban J connectivity index is 1.57. The van der Waals surface area contributed by atoms with Gasteiger partial charge in [-0.3, -0.25) is 4.98 Å². The minimum absolute atomic E-state index is 0.122. The van der Waals surface area contributed by atoms with Crippen LogP contribution in [0.5, 0.6) is 0 Å². The van der Waals surface area contributed by atoms with Gasteiger partial charge in [-0.15, -0.1) is 0 Å². The van der Waals surface area contributed by atoms with E-state index < -0.39 is 5.82 Å². The van der Waals surface area contributed by atoms with Crippen molar-refractivity contribution in [3.63, 3.8) is 0 Å². The minimum Gasteiger partial charge on any atom is -0.255 e. The van der Waals surface area contributed by atoms with Crippen LogP contribution in [-0.4, -0.2) is 4.98 Å². The van der Waals surface area contributed by atoms with E-state index in [-0.39, 0.29) is 5.02 Å². The number of aromatic nitrogens is 1. The Labute approximate surface area is 166 Å². The van der Waals surface area contributed by atoms with Crippen LogP contribution in [0.1, 0.15) is 51.0 Å². The second kappa shape index (κ2) is 9.72. The number of halogens is 2. The van der Waals surface area contributed by atoms with Crippen LogP contribution in [0.2, 0.25) is 5.02 Å². The molecule has 0 saturated heterocycles. The molecule has 0 atom stereocenters. The maximum absolute atomic E-state index is 13.6. The van der Waals surface area contributed by atoms with Crippen LogP contribution in [0.15, 0.2) is 48.7 Å². The molecule has 0 bridgehead atoms. The highest BCUT2D eigenvalue weighted by molar-refractivity contribution is 6.30. The lowest BCUT2D eigenvalue weighted by molar-refractivity contribution is 0.364. The van der Waals surface area contributed by atoms with E-state index in [1.54, 1.807) is 18.3 Å². The standard InChI is InChI=1S/C24H25ClFN/c1-2-3-4-5-18-6-8-19(9-7-18)10-11-20-12-15-24(27-17-20)21-13-14-22(25)23(26)16-21/h4-5,12-19H,2-3,6-9H2,1H3/b5-4+. The number of pyridine rings is 1. The summed E-state index contributed by atoms with van der Waals surface area (Å²) in [7, 11) is 0. The molecule has 0 N–H and O–H groups in total. The minimum atomic E-state index is -0.431. The Morgan fingerprint density at radius 3 is 2.67 bits per heavy atom. The van der Waals surface area contributed by atoms with Gasteiger partial charge in [-0.1, -0.05) is 55.0 Å². The highest BCUT2D eigenvalue weighted by atomic mass is 35.5. The van der Waals surface area contributed by atoms with Crippen molar-refractivity contribution in [3.8, 4) is 23.1 Å². The molecule has 0 amide bonds. The molecule has 27 heavy (non-hydrogen) atoms.